The number of nitrogens with two attached hydrogens (primary N) is 1. The molecule has 3 aromatic rings. The molecular weight excluding hydrogens is 506 g/mol. The molecule has 0 saturated carbocycles. The molecule has 3 rings (SSSR count). The Kier molecular flexibility index (Phi) is 11.5. The minimum atomic E-state index is -1.10. The van der Waals surface area contributed by atoms with Gasteiger partial charge < -0.3 is 20.7 Å². The molecule has 0 heterocycles. The topological polar surface area (TPSA) is 127 Å². The molecule has 8 heteroatoms. The van der Waals surface area contributed by atoms with E-state index in [-0.39, 0.29) is 36.1 Å². The number of aromatic carboxylic acids is 2. The predicted octanol–water partition coefficient (Wildman–Crippen LogP) is 6.22. The maximum atomic E-state index is 12.7. The van der Waals surface area contributed by atoms with Gasteiger partial charge in [0.05, 0.1) is 11.1 Å². The van der Waals surface area contributed by atoms with Gasteiger partial charge in [0.2, 0.25) is 0 Å². The zero-order chi connectivity index (χ0) is 26.9. The van der Waals surface area contributed by atoms with Crippen molar-refractivity contribution in [3.63, 3.8) is 0 Å². The van der Waals surface area contributed by atoms with E-state index in [1.807, 2.05) is 13.8 Å². The van der Waals surface area contributed by atoms with Crippen LogP contribution in [0.2, 0.25) is 0 Å². The van der Waals surface area contributed by atoms with Gasteiger partial charge >= 0.3 is 17.9 Å². The van der Waals surface area contributed by atoms with Gasteiger partial charge in [0.25, 0.3) is 0 Å². The van der Waals surface area contributed by atoms with Gasteiger partial charge in [0.1, 0.15) is 12.1 Å². The molecule has 4 N–H and O–H groups in total. The second-order valence-electron chi connectivity index (χ2n) is 9.03. The lowest BCUT2D eigenvalue weighted by atomic mass is 9.87. The molecule has 0 spiro atoms. The first-order valence-electron chi connectivity index (χ1n) is 12.5. The Labute approximate surface area is 229 Å². The molecule has 0 fully saturated rings. The lowest BCUT2D eigenvalue weighted by Gasteiger charge is -2.20. The van der Waals surface area contributed by atoms with E-state index >= 15 is 0 Å². The molecule has 0 radical (unpaired) electrons. The molecule has 1 atom stereocenters. The molecular formula is C30H34ClNO6. The highest BCUT2D eigenvalue weighted by Crippen LogP contribution is 2.37. The number of rotatable bonds is 12. The summed E-state index contributed by atoms with van der Waals surface area (Å²) in [6, 6.07) is 17.5. The monoisotopic (exact) mass is 539 g/mol. The third-order valence-corrected chi connectivity index (χ3v) is 6.24. The summed E-state index contributed by atoms with van der Waals surface area (Å²) < 4.78 is 5.66. The predicted molar refractivity (Wildman–Crippen MR) is 150 cm³/mol. The largest absolute Gasteiger partial charge is 0.478 e. The highest BCUT2D eigenvalue weighted by atomic mass is 35.5. The number of carbonyl (C=O) groups is 3. The fraction of sp³-hybridized carbons (Fsp3) is 0.300. The van der Waals surface area contributed by atoms with Crippen molar-refractivity contribution in [2.75, 3.05) is 0 Å². The van der Waals surface area contributed by atoms with Crippen LogP contribution in [0, 0.1) is 0 Å². The Bertz CT molecular complexity index is 1270. The average Bonchev–Trinajstić information content (AvgIpc) is 2.88. The molecule has 0 aliphatic heterocycles. The van der Waals surface area contributed by atoms with Crippen molar-refractivity contribution in [1.82, 2.24) is 0 Å². The number of ether oxygens (including phenoxy) is 1. The van der Waals surface area contributed by atoms with Gasteiger partial charge in [-0.25, -0.2) is 9.59 Å². The lowest BCUT2D eigenvalue weighted by molar-refractivity contribution is -0.151. The van der Waals surface area contributed by atoms with Crippen LogP contribution in [0.15, 0.2) is 66.7 Å². The van der Waals surface area contributed by atoms with Crippen molar-refractivity contribution >= 4 is 30.3 Å². The van der Waals surface area contributed by atoms with E-state index in [0.29, 0.717) is 27.8 Å². The van der Waals surface area contributed by atoms with Crippen LogP contribution in [0.25, 0.3) is 22.3 Å². The van der Waals surface area contributed by atoms with Crippen LogP contribution in [-0.2, 0) is 16.0 Å². The molecule has 38 heavy (non-hydrogen) atoms. The van der Waals surface area contributed by atoms with Gasteiger partial charge in [-0.1, -0.05) is 81.3 Å². The zero-order valence-corrected chi connectivity index (χ0v) is 22.4. The summed E-state index contributed by atoms with van der Waals surface area (Å²) in [5.74, 6) is -2.66. The van der Waals surface area contributed by atoms with E-state index in [2.05, 4.69) is 0 Å². The number of carboxylic acids is 2. The van der Waals surface area contributed by atoms with Crippen molar-refractivity contribution in [2.24, 2.45) is 5.73 Å². The third-order valence-electron chi connectivity index (χ3n) is 6.24. The fourth-order valence-electron chi connectivity index (χ4n) is 4.48. The lowest BCUT2D eigenvalue weighted by Crippen LogP contribution is -2.36. The van der Waals surface area contributed by atoms with Crippen LogP contribution in [-0.4, -0.2) is 40.3 Å². The van der Waals surface area contributed by atoms with Gasteiger partial charge in [0.15, 0.2) is 0 Å². The Hall–Kier alpha value is -3.68. The number of benzene rings is 3. The summed E-state index contributed by atoms with van der Waals surface area (Å²) in [5.41, 5.74) is 9.12. The van der Waals surface area contributed by atoms with E-state index in [0.717, 1.165) is 25.7 Å². The van der Waals surface area contributed by atoms with Gasteiger partial charge in [-0.05, 0) is 59.2 Å². The molecule has 0 amide bonds. The summed E-state index contributed by atoms with van der Waals surface area (Å²) in [6.07, 6.45) is 3.38. The van der Waals surface area contributed by atoms with Crippen molar-refractivity contribution in [3.8, 4) is 22.3 Å². The van der Waals surface area contributed by atoms with E-state index in [9.17, 15) is 24.6 Å². The first-order chi connectivity index (χ1) is 17.8. The van der Waals surface area contributed by atoms with Gasteiger partial charge in [-0.15, -0.1) is 12.4 Å². The van der Waals surface area contributed by atoms with Crippen LogP contribution < -0.4 is 5.73 Å². The second-order valence-corrected chi connectivity index (χ2v) is 9.03. The van der Waals surface area contributed by atoms with Gasteiger partial charge in [-0.2, -0.15) is 0 Å². The van der Waals surface area contributed by atoms with Crippen LogP contribution in [0.3, 0.4) is 0 Å². The zero-order valence-electron chi connectivity index (χ0n) is 21.6. The van der Waals surface area contributed by atoms with Crippen molar-refractivity contribution in [1.29, 1.82) is 0 Å². The number of hydrogen-bond acceptors (Lipinski definition) is 5. The van der Waals surface area contributed by atoms with E-state index < -0.39 is 23.9 Å². The molecule has 0 unspecified atom stereocenters. The van der Waals surface area contributed by atoms with Crippen LogP contribution in [0.4, 0.5) is 0 Å². The molecule has 0 aliphatic rings. The molecule has 0 saturated heterocycles. The summed E-state index contributed by atoms with van der Waals surface area (Å²) >= 11 is 0. The van der Waals surface area contributed by atoms with E-state index in [4.69, 9.17) is 10.5 Å². The molecule has 202 valence electrons. The average molecular weight is 540 g/mol. The number of carbonyl (C=O) groups excluding carboxylic acids is 1. The van der Waals surface area contributed by atoms with E-state index in [1.54, 1.807) is 54.6 Å². The molecule has 0 aliphatic carbocycles. The molecule has 3 aromatic carbocycles. The Balaban J connectivity index is 0.00000507. The smallest absolute Gasteiger partial charge is 0.336 e. The quantitative estimate of drug-likeness (QED) is 0.233. The highest BCUT2D eigenvalue weighted by Gasteiger charge is 2.23. The number of hydrogen-bond donors (Lipinski definition) is 3. The SMILES string of the molecule is CCCC(CCC)OC(=O)[C@@H](N)Cc1ccc(-c2ccccc2C(=O)O)c(-c2ccccc2C(=O)O)c1.Cl. The first-order valence-corrected chi connectivity index (χ1v) is 12.5. The van der Waals surface area contributed by atoms with Crippen molar-refractivity contribution < 1.29 is 29.3 Å². The summed E-state index contributed by atoms with van der Waals surface area (Å²) in [4.78, 5) is 36.7. The molecule has 7 nitrogen and oxygen atoms in total. The maximum absolute atomic E-state index is 12.7. The minimum absolute atomic E-state index is 0. The highest BCUT2D eigenvalue weighted by molar-refractivity contribution is 6.02. The Morgan fingerprint density at radius 3 is 1.76 bits per heavy atom. The van der Waals surface area contributed by atoms with Gasteiger partial charge in [-0.3, -0.25) is 4.79 Å². The third kappa shape index (κ3) is 7.43. The standard InChI is InChI=1S/C30H33NO6.ClH/c1-3-9-20(10-4-2)37-30(36)27(31)18-19-15-16-23(21-11-5-7-13-24(21)28(32)33)26(17-19)22-12-6-8-14-25(22)29(34)35;/h5-8,11-17,20,27H,3-4,9-10,18,31H2,1-2H3,(H,32,33)(H,34,35);1H/t27-;/m0./s1. The number of halogens is 1. The summed E-state index contributed by atoms with van der Waals surface area (Å²) in [6.45, 7) is 4.08. The Morgan fingerprint density at radius 1 is 0.763 bits per heavy atom. The normalized spacial score (nSPS) is 11.5. The van der Waals surface area contributed by atoms with Crippen molar-refractivity contribution in [2.45, 2.75) is 58.1 Å². The molecule has 0 aromatic heterocycles. The number of carboxylic acid groups (broad SMARTS) is 2. The Morgan fingerprint density at radius 2 is 1.26 bits per heavy atom. The number of esters is 1. The van der Waals surface area contributed by atoms with Crippen LogP contribution in [0.5, 0.6) is 0 Å². The van der Waals surface area contributed by atoms with Crippen LogP contribution in [0.1, 0.15) is 65.8 Å². The van der Waals surface area contributed by atoms with Gasteiger partial charge in [0, 0.05) is 0 Å². The first kappa shape index (κ1) is 30.5. The minimum Gasteiger partial charge on any atom is -0.478 e. The van der Waals surface area contributed by atoms with Crippen molar-refractivity contribution in [3.05, 3.63) is 83.4 Å². The summed E-state index contributed by atoms with van der Waals surface area (Å²) in [7, 11) is 0. The van der Waals surface area contributed by atoms with E-state index in [1.165, 1.54) is 12.1 Å². The second kappa shape index (κ2) is 14.3. The summed E-state index contributed by atoms with van der Waals surface area (Å²) in [5, 5.41) is 19.6. The molecule has 0 bridgehead atoms. The fourth-order valence-corrected chi connectivity index (χ4v) is 4.48. The van der Waals surface area contributed by atoms with Crippen LogP contribution >= 0.6 is 12.4 Å². The maximum Gasteiger partial charge on any atom is 0.336 e.